The number of rotatable bonds is 4. The van der Waals surface area contributed by atoms with E-state index in [1.807, 2.05) is 61.5 Å². The van der Waals surface area contributed by atoms with Crippen LogP contribution < -0.4 is 4.74 Å². The van der Waals surface area contributed by atoms with Gasteiger partial charge in [-0.15, -0.1) is 0 Å². The molecule has 1 aromatic heterocycles. The van der Waals surface area contributed by atoms with Gasteiger partial charge in [-0.2, -0.15) is 5.26 Å². The van der Waals surface area contributed by atoms with Crippen molar-refractivity contribution >= 4 is 16.6 Å². The first kappa shape index (κ1) is 14.7. The summed E-state index contributed by atoms with van der Waals surface area (Å²) in [6.07, 6.45) is 0. The van der Waals surface area contributed by atoms with E-state index < -0.39 is 0 Å². The van der Waals surface area contributed by atoms with E-state index in [-0.39, 0.29) is 17.9 Å². The molecule has 3 aromatic rings. The largest absolute Gasteiger partial charge is 0.507 e. The maximum atomic E-state index is 10.2. The molecule has 5 heteroatoms. The predicted molar refractivity (Wildman–Crippen MR) is 87.9 cm³/mol. The Hall–Kier alpha value is -3.26. The van der Waals surface area contributed by atoms with E-state index in [0.29, 0.717) is 11.6 Å². The number of benzene rings is 2. The van der Waals surface area contributed by atoms with Crippen LogP contribution in [0.4, 0.5) is 0 Å². The second-order valence-corrected chi connectivity index (χ2v) is 5.14. The summed E-state index contributed by atoms with van der Waals surface area (Å²) in [5, 5.41) is 19.5. The number of aryl methyl sites for hydroxylation is 1. The van der Waals surface area contributed by atoms with Crippen molar-refractivity contribution in [2.45, 2.75) is 6.92 Å². The van der Waals surface area contributed by atoms with Crippen molar-refractivity contribution in [3.05, 3.63) is 65.7 Å². The number of hydrogen-bond acceptors (Lipinski definition) is 4. The number of H-pyrrole nitrogens is 1. The van der Waals surface area contributed by atoms with E-state index in [4.69, 9.17) is 4.74 Å². The number of hydrogen-bond donors (Lipinski definition) is 2. The summed E-state index contributed by atoms with van der Waals surface area (Å²) in [6.45, 7) is 1.89. The summed E-state index contributed by atoms with van der Waals surface area (Å²) in [7, 11) is 0. The normalized spacial score (nSPS) is 11.8. The van der Waals surface area contributed by atoms with Crippen LogP contribution in [0.25, 0.3) is 16.6 Å². The van der Waals surface area contributed by atoms with E-state index in [9.17, 15) is 10.4 Å². The number of nitrogens with zero attached hydrogens (tertiary/aromatic N) is 2. The van der Waals surface area contributed by atoms with E-state index >= 15 is 0 Å². The molecule has 0 aliphatic heterocycles. The highest BCUT2D eigenvalue weighted by Crippen LogP contribution is 2.19. The molecular weight excluding hydrogens is 290 g/mol. The number of aromatic amines is 1. The molecule has 0 radical (unpaired) electrons. The van der Waals surface area contributed by atoms with Gasteiger partial charge in [0.15, 0.2) is 11.6 Å². The zero-order valence-corrected chi connectivity index (χ0v) is 12.6. The molecule has 0 spiro atoms. The molecule has 2 aromatic carbocycles. The van der Waals surface area contributed by atoms with Crippen LogP contribution in [0.1, 0.15) is 11.4 Å². The van der Waals surface area contributed by atoms with Crippen LogP contribution in [0.3, 0.4) is 0 Å². The average molecular weight is 305 g/mol. The molecule has 0 unspecified atom stereocenters. The summed E-state index contributed by atoms with van der Waals surface area (Å²) in [5.41, 5.74) is 2.75. The third kappa shape index (κ3) is 3.16. The van der Waals surface area contributed by atoms with Crippen molar-refractivity contribution in [2.75, 3.05) is 6.61 Å². The quantitative estimate of drug-likeness (QED) is 0.568. The van der Waals surface area contributed by atoms with E-state index in [0.717, 1.165) is 16.6 Å². The molecule has 5 nitrogen and oxygen atoms in total. The molecule has 0 aliphatic rings. The highest BCUT2D eigenvalue weighted by atomic mass is 16.5. The van der Waals surface area contributed by atoms with Gasteiger partial charge in [-0.05, 0) is 31.2 Å². The fourth-order valence-electron chi connectivity index (χ4n) is 2.18. The van der Waals surface area contributed by atoms with Crippen LogP contribution in [-0.2, 0) is 0 Å². The van der Waals surface area contributed by atoms with Gasteiger partial charge in [0.25, 0.3) is 0 Å². The fourth-order valence-corrected chi connectivity index (χ4v) is 2.18. The Balaban J connectivity index is 1.84. The summed E-state index contributed by atoms with van der Waals surface area (Å²) in [5.74, 6) is 0.801. The van der Waals surface area contributed by atoms with Gasteiger partial charge in [-0.1, -0.05) is 29.8 Å². The Kier molecular flexibility index (Phi) is 3.98. The van der Waals surface area contributed by atoms with Gasteiger partial charge in [0.1, 0.15) is 24.0 Å². The van der Waals surface area contributed by atoms with Crippen molar-refractivity contribution in [1.82, 2.24) is 9.97 Å². The lowest BCUT2D eigenvalue weighted by atomic mass is 10.2. The first-order chi connectivity index (χ1) is 11.2. The minimum Gasteiger partial charge on any atom is -0.507 e. The van der Waals surface area contributed by atoms with Gasteiger partial charge in [-0.25, -0.2) is 4.98 Å². The lowest BCUT2D eigenvalue weighted by molar-refractivity contribution is 0.272. The smallest absolute Gasteiger partial charge is 0.152 e. The number of nitrogens with one attached hydrogen (secondary N) is 1. The van der Waals surface area contributed by atoms with Gasteiger partial charge >= 0.3 is 0 Å². The Morgan fingerprint density at radius 3 is 2.65 bits per heavy atom. The summed E-state index contributed by atoms with van der Waals surface area (Å²) in [6, 6.07) is 16.9. The van der Waals surface area contributed by atoms with E-state index in [1.165, 1.54) is 0 Å². The molecule has 2 N–H and O–H groups in total. The van der Waals surface area contributed by atoms with Crippen LogP contribution in [0, 0.1) is 18.3 Å². The van der Waals surface area contributed by atoms with Crippen molar-refractivity contribution in [1.29, 1.82) is 5.26 Å². The SMILES string of the molecule is Cc1ccc(OC/C(O)=C(\C#N)c2nc3ccccc3[nH]2)cc1. The number of aliphatic hydroxyl groups excluding tert-OH is 1. The Morgan fingerprint density at radius 2 is 1.96 bits per heavy atom. The molecule has 1 heterocycles. The topological polar surface area (TPSA) is 81.9 Å². The molecular formula is C18H15N3O2. The Bertz CT molecular complexity index is 869. The monoisotopic (exact) mass is 305 g/mol. The minimum absolute atomic E-state index is 0.0771. The number of para-hydroxylation sites is 2. The van der Waals surface area contributed by atoms with Crippen molar-refractivity contribution in [3.8, 4) is 11.8 Å². The average Bonchev–Trinajstić information content (AvgIpc) is 2.98. The Labute approximate surface area is 133 Å². The highest BCUT2D eigenvalue weighted by Gasteiger charge is 2.13. The standard InChI is InChI=1S/C18H15N3O2/c1-12-6-8-13(9-7-12)23-11-17(22)14(10-19)18-20-15-4-2-3-5-16(15)21-18/h2-9,22H,11H2,1H3,(H,20,21)/b17-14-. The molecule has 0 saturated carbocycles. The van der Waals surface area contributed by atoms with Crippen LogP contribution >= 0.6 is 0 Å². The van der Waals surface area contributed by atoms with Gasteiger partial charge in [0.05, 0.1) is 11.0 Å². The molecule has 114 valence electrons. The van der Waals surface area contributed by atoms with Crippen molar-refractivity contribution < 1.29 is 9.84 Å². The molecule has 0 atom stereocenters. The maximum absolute atomic E-state index is 10.2. The molecule has 0 fully saturated rings. The molecule has 0 saturated heterocycles. The number of nitriles is 1. The van der Waals surface area contributed by atoms with Crippen LogP contribution in [0.5, 0.6) is 5.75 Å². The van der Waals surface area contributed by atoms with E-state index in [2.05, 4.69) is 9.97 Å². The zero-order chi connectivity index (χ0) is 16.2. The van der Waals surface area contributed by atoms with Gasteiger partial charge < -0.3 is 14.8 Å². The van der Waals surface area contributed by atoms with Gasteiger partial charge in [-0.3, -0.25) is 0 Å². The number of aliphatic hydroxyl groups is 1. The number of imidazole rings is 1. The second kappa shape index (κ2) is 6.24. The summed E-state index contributed by atoms with van der Waals surface area (Å²) < 4.78 is 5.50. The first-order valence-corrected chi connectivity index (χ1v) is 7.14. The molecule has 0 aliphatic carbocycles. The Morgan fingerprint density at radius 1 is 1.22 bits per heavy atom. The molecule has 0 bridgehead atoms. The highest BCUT2D eigenvalue weighted by molar-refractivity contribution is 5.82. The van der Waals surface area contributed by atoms with E-state index in [1.54, 1.807) is 0 Å². The number of ether oxygens (including phenoxy) is 1. The van der Waals surface area contributed by atoms with Crippen LogP contribution in [-0.4, -0.2) is 21.7 Å². The minimum atomic E-state index is -0.160. The zero-order valence-electron chi connectivity index (χ0n) is 12.6. The fraction of sp³-hybridized carbons (Fsp3) is 0.111. The molecule has 3 rings (SSSR count). The first-order valence-electron chi connectivity index (χ1n) is 7.14. The lowest BCUT2D eigenvalue weighted by Crippen LogP contribution is -2.04. The van der Waals surface area contributed by atoms with Gasteiger partial charge in [0, 0.05) is 0 Å². The van der Waals surface area contributed by atoms with Crippen molar-refractivity contribution in [3.63, 3.8) is 0 Å². The summed E-state index contributed by atoms with van der Waals surface area (Å²) in [4.78, 5) is 7.35. The van der Waals surface area contributed by atoms with Crippen molar-refractivity contribution in [2.24, 2.45) is 0 Å². The maximum Gasteiger partial charge on any atom is 0.152 e. The second-order valence-electron chi connectivity index (χ2n) is 5.14. The third-order valence-electron chi connectivity index (χ3n) is 3.42. The summed E-state index contributed by atoms with van der Waals surface area (Å²) >= 11 is 0. The molecule has 0 amide bonds. The van der Waals surface area contributed by atoms with Crippen LogP contribution in [0.15, 0.2) is 54.3 Å². The predicted octanol–water partition coefficient (Wildman–Crippen LogP) is 3.74. The number of fused-ring (bicyclic) bond motifs is 1. The van der Waals surface area contributed by atoms with Gasteiger partial charge in [0.2, 0.25) is 0 Å². The van der Waals surface area contributed by atoms with Crippen LogP contribution in [0.2, 0.25) is 0 Å². The number of aromatic nitrogens is 2. The molecule has 23 heavy (non-hydrogen) atoms. The third-order valence-corrected chi connectivity index (χ3v) is 3.42. The number of allylic oxidation sites excluding steroid dienone is 1. The lowest BCUT2D eigenvalue weighted by Gasteiger charge is -2.06.